The highest BCUT2D eigenvalue weighted by atomic mass is 16.5. The third-order valence-corrected chi connectivity index (χ3v) is 3.36. The van der Waals surface area contributed by atoms with Crippen LogP contribution in [-0.2, 0) is 5.72 Å². The molecule has 1 atom stereocenters. The predicted octanol–water partition coefficient (Wildman–Crippen LogP) is 1.63. The van der Waals surface area contributed by atoms with E-state index in [2.05, 4.69) is 5.32 Å². The van der Waals surface area contributed by atoms with Gasteiger partial charge in [0.1, 0.15) is 5.75 Å². The molecule has 1 unspecified atom stereocenters. The molecule has 4 heteroatoms. The van der Waals surface area contributed by atoms with E-state index in [0.29, 0.717) is 22.4 Å². The minimum Gasteiger partial charge on any atom is -0.497 e. The fourth-order valence-electron chi connectivity index (χ4n) is 2.36. The zero-order chi connectivity index (χ0) is 13.5. The Morgan fingerprint density at radius 1 is 1.11 bits per heavy atom. The molecule has 0 bridgehead atoms. The smallest absolute Gasteiger partial charge is 0.254 e. The van der Waals surface area contributed by atoms with Crippen molar-refractivity contribution in [1.82, 2.24) is 5.32 Å². The molecule has 0 saturated heterocycles. The van der Waals surface area contributed by atoms with Crippen molar-refractivity contribution in [3.05, 3.63) is 65.2 Å². The number of methoxy groups -OCH3 is 1. The van der Waals surface area contributed by atoms with Crippen molar-refractivity contribution in [2.45, 2.75) is 5.72 Å². The number of rotatable bonds is 2. The Balaban J connectivity index is 2.11. The molecule has 0 radical (unpaired) electrons. The molecule has 0 aliphatic carbocycles. The molecule has 0 fully saturated rings. The highest BCUT2D eigenvalue weighted by Crippen LogP contribution is 2.35. The second kappa shape index (κ2) is 4.10. The zero-order valence-corrected chi connectivity index (χ0v) is 10.4. The molecular formula is C15H13NO3. The lowest BCUT2D eigenvalue weighted by Gasteiger charge is -2.24. The van der Waals surface area contributed by atoms with Crippen molar-refractivity contribution in [2.24, 2.45) is 0 Å². The van der Waals surface area contributed by atoms with E-state index in [1.165, 1.54) is 0 Å². The van der Waals surface area contributed by atoms with E-state index < -0.39 is 5.72 Å². The number of fused-ring (bicyclic) bond motifs is 1. The number of aliphatic hydroxyl groups is 1. The molecule has 0 spiro atoms. The number of carbonyl (C=O) groups is 1. The van der Waals surface area contributed by atoms with Gasteiger partial charge in [0.25, 0.3) is 5.91 Å². The second-order valence-electron chi connectivity index (χ2n) is 4.44. The van der Waals surface area contributed by atoms with Gasteiger partial charge in [0.2, 0.25) is 0 Å². The lowest BCUT2D eigenvalue weighted by molar-refractivity contribution is 0.0476. The van der Waals surface area contributed by atoms with Crippen molar-refractivity contribution < 1.29 is 14.6 Å². The van der Waals surface area contributed by atoms with Gasteiger partial charge in [0, 0.05) is 16.7 Å². The molecular weight excluding hydrogens is 242 g/mol. The lowest BCUT2D eigenvalue weighted by Crippen LogP contribution is -2.40. The Bertz CT molecular complexity index is 636. The first kappa shape index (κ1) is 11.7. The van der Waals surface area contributed by atoms with Gasteiger partial charge >= 0.3 is 0 Å². The summed E-state index contributed by atoms with van der Waals surface area (Å²) in [5.41, 5.74) is 0.206. The van der Waals surface area contributed by atoms with Crippen LogP contribution in [-0.4, -0.2) is 18.1 Å². The van der Waals surface area contributed by atoms with Crippen molar-refractivity contribution in [1.29, 1.82) is 0 Å². The highest BCUT2D eigenvalue weighted by molar-refractivity contribution is 6.00. The summed E-state index contributed by atoms with van der Waals surface area (Å²) in [6.07, 6.45) is 0. The third kappa shape index (κ3) is 1.69. The first-order valence-electron chi connectivity index (χ1n) is 5.94. The van der Waals surface area contributed by atoms with Crippen LogP contribution in [0.25, 0.3) is 0 Å². The van der Waals surface area contributed by atoms with Gasteiger partial charge in [-0.25, -0.2) is 0 Å². The first-order chi connectivity index (χ1) is 9.15. The Morgan fingerprint density at radius 2 is 1.79 bits per heavy atom. The van der Waals surface area contributed by atoms with E-state index in [1.807, 2.05) is 0 Å². The average Bonchev–Trinajstić information content (AvgIpc) is 2.72. The standard InChI is InChI=1S/C15H13NO3/c1-19-11-8-6-10(7-9-11)15(18)13-5-3-2-4-12(13)14(17)16-15/h2-9,18H,1H3,(H,16,17). The van der Waals surface area contributed by atoms with Crippen LogP contribution in [0.3, 0.4) is 0 Å². The third-order valence-electron chi connectivity index (χ3n) is 3.36. The summed E-state index contributed by atoms with van der Waals surface area (Å²) in [4.78, 5) is 11.9. The fourth-order valence-corrected chi connectivity index (χ4v) is 2.36. The summed E-state index contributed by atoms with van der Waals surface area (Å²) in [5.74, 6) is 0.430. The largest absolute Gasteiger partial charge is 0.497 e. The van der Waals surface area contributed by atoms with Crippen LogP contribution in [0.2, 0.25) is 0 Å². The van der Waals surface area contributed by atoms with Crippen LogP contribution in [0.5, 0.6) is 5.75 Å². The summed E-state index contributed by atoms with van der Waals surface area (Å²) in [6, 6.07) is 14.0. The van der Waals surface area contributed by atoms with E-state index in [-0.39, 0.29) is 5.91 Å². The Hall–Kier alpha value is -2.33. The van der Waals surface area contributed by atoms with Crippen LogP contribution < -0.4 is 10.1 Å². The van der Waals surface area contributed by atoms with Crippen molar-refractivity contribution in [3.63, 3.8) is 0 Å². The molecule has 1 heterocycles. The molecule has 1 amide bonds. The Kier molecular flexibility index (Phi) is 2.54. The minimum absolute atomic E-state index is 0.270. The van der Waals surface area contributed by atoms with Gasteiger partial charge in [0.15, 0.2) is 5.72 Å². The number of hydrogen-bond acceptors (Lipinski definition) is 3. The van der Waals surface area contributed by atoms with Gasteiger partial charge in [-0.3, -0.25) is 4.79 Å². The molecule has 1 aliphatic heterocycles. The summed E-state index contributed by atoms with van der Waals surface area (Å²) in [7, 11) is 1.58. The summed E-state index contributed by atoms with van der Waals surface area (Å²) in [6.45, 7) is 0. The highest BCUT2D eigenvalue weighted by Gasteiger charge is 2.42. The number of hydrogen-bond donors (Lipinski definition) is 2. The Morgan fingerprint density at radius 3 is 2.47 bits per heavy atom. The molecule has 1 aliphatic rings. The Labute approximate surface area is 110 Å². The number of benzene rings is 2. The van der Waals surface area contributed by atoms with Gasteiger partial charge in [-0.05, 0) is 18.2 Å². The molecule has 4 nitrogen and oxygen atoms in total. The SMILES string of the molecule is COc1ccc(C2(O)NC(=O)c3ccccc32)cc1. The quantitative estimate of drug-likeness (QED) is 0.857. The average molecular weight is 255 g/mol. The topological polar surface area (TPSA) is 58.6 Å². The van der Waals surface area contributed by atoms with Crippen molar-refractivity contribution in [3.8, 4) is 5.75 Å². The maximum absolute atomic E-state index is 11.9. The van der Waals surface area contributed by atoms with Crippen LogP contribution in [0.1, 0.15) is 21.5 Å². The predicted molar refractivity (Wildman–Crippen MR) is 69.9 cm³/mol. The number of ether oxygens (including phenoxy) is 1. The van der Waals surface area contributed by atoms with Gasteiger partial charge < -0.3 is 15.2 Å². The lowest BCUT2D eigenvalue weighted by atomic mass is 9.94. The van der Waals surface area contributed by atoms with E-state index in [0.717, 1.165) is 0 Å². The van der Waals surface area contributed by atoms with Gasteiger partial charge in [0.05, 0.1) is 7.11 Å². The van der Waals surface area contributed by atoms with Gasteiger partial charge in [-0.2, -0.15) is 0 Å². The van der Waals surface area contributed by atoms with Crippen molar-refractivity contribution in [2.75, 3.05) is 7.11 Å². The molecule has 19 heavy (non-hydrogen) atoms. The first-order valence-corrected chi connectivity index (χ1v) is 5.94. The number of nitrogens with one attached hydrogen (secondary N) is 1. The second-order valence-corrected chi connectivity index (χ2v) is 4.44. The van der Waals surface area contributed by atoms with E-state index in [9.17, 15) is 9.90 Å². The summed E-state index contributed by atoms with van der Waals surface area (Å²) in [5, 5.41) is 13.4. The molecule has 3 rings (SSSR count). The van der Waals surface area contributed by atoms with Crippen LogP contribution in [0, 0.1) is 0 Å². The van der Waals surface area contributed by atoms with Crippen LogP contribution in [0.15, 0.2) is 48.5 Å². The summed E-state index contributed by atoms with van der Waals surface area (Å²) >= 11 is 0. The van der Waals surface area contributed by atoms with Gasteiger partial charge in [-0.15, -0.1) is 0 Å². The van der Waals surface area contributed by atoms with E-state index in [1.54, 1.807) is 55.6 Å². The molecule has 2 N–H and O–H groups in total. The molecule has 0 aromatic heterocycles. The van der Waals surface area contributed by atoms with Crippen LogP contribution in [0.4, 0.5) is 0 Å². The number of carbonyl (C=O) groups excluding carboxylic acids is 1. The molecule has 96 valence electrons. The normalized spacial score (nSPS) is 20.8. The molecule has 0 saturated carbocycles. The molecule has 2 aromatic carbocycles. The maximum Gasteiger partial charge on any atom is 0.254 e. The monoisotopic (exact) mass is 255 g/mol. The zero-order valence-electron chi connectivity index (χ0n) is 10.4. The summed E-state index contributed by atoms with van der Waals surface area (Å²) < 4.78 is 5.09. The van der Waals surface area contributed by atoms with Crippen LogP contribution >= 0.6 is 0 Å². The van der Waals surface area contributed by atoms with E-state index in [4.69, 9.17) is 4.74 Å². The maximum atomic E-state index is 11.9. The molecule has 2 aromatic rings. The number of amides is 1. The fraction of sp³-hybridized carbons (Fsp3) is 0.133. The van der Waals surface area contributed by atoms with Crippen molar-refractivity contribution >= 4 is 5.91 Å². The minimum atomic E-state index is -1.47. The van der Waals surface area contributed by atoms with E-state index >= 15 is 0 Å². The van der Waals surface area contributed by atoms with Gasteiger partial charge in [-0.1, -0.05) is 30.3 Å².